The lowest BCUT2D eigenvalue weighted by molar-refractivity contribution is -0.0556. The minimum atomic E-state index is -0.0548. The van der Waals surface area contributed by atoms with E-state index in [9.17, 15) is 10.2 Å². The SMILES string of the molecule is CCN1CC(c2ncon2)=C(c2cc(C(C)C)c(O)cc2O)O1. The van der Waals surface area contributed by atoms with Crippen molar-refractivity contribution in [2.45, 2.75) is 26.7 Å². The maximum Gasteiger partial charge on any atom is 0.214 e. The number of aromatic hydroxyl groups is 2. The molecule has 1 aromatic carbocycles. The second kappa shape index (κ2) is 5.92. The third-order valence-electron chi connectivity index (χ3n) is 3.82. The van der Waals surface area contributed by atoms with Gasteiger partial charge in [-0.25, -0.2) is 0 Å². The number of hydrogen-bond acceptors (Lipinski definition) is 7. The fourth-order valence-electron chi connectivity index (χ4n) is 2.57. The van der Waals surface area contributed by atoms with Crippen molar-refractivity contribution >= 4 is 11.3 Å². The molecule has 2 aromatic rings. The summed E-state index contributed by atoms with van der Waals surface area (Å²) in [5.74, 6) is 1.02. The van der Waals surface area contributed by atoms with Gasteiger partial charge in [-0.3, -0.25) is 0 Å². The molecule has 7 heteroatoms. The standard InChI is InChI=1S/C16H19N3O4/c1-4-19-7-12(16-17-8-22-18-16)15(23-19)11-5-10(9(2)3)13(20)6-14(11)21/h5-6,8-9,20-21H,4,7H2,1-3H3. The predicted octanol–water partition coefficient (Wildman–Crippen LogP) is 2.74. The summed E-state index contributed by atoms with van der Waals surface area (Å²) in [6.07, 6.45) is 1.25. The van der Waals surface area contributed by atoms with Crippen LogP contribution in [0, 0.1) is 0 Å². The number of hydrogen-bond donors (Lipinski definition) is 2. The second-order valence-corrected chi connectivity index (χ2v) is 5.69. The van der Waals surface area contributed by atoms with Crippen molar-refractivity contribution in [1.82, 2.24) is 15.2 Å². The third kappa shape index (κ3) is 2.75. The van der Waals surface area contributed by atoms with Gasteiger partial charge in [-0.15, -0.1) is 5.06 Å². The first-order valence-corrected chi connectivity index (χ1v) is 7.50. The van der Waals surface area contributed by atoms with Crippen molar-refractivity contribution in [1.29, 1.82) is 0 Å². The van der Waals surface area contributed by atoms with Gasteiger partial charge < -0.3 is 19.6 Å². The van der Waals surface area contributed by atoms with Crippen molar-refractivity contribution < 1.29 is 19.6 Å². The molecule has 0 saturated heterocycles. The number of nitrogens with zero attached hydrogens (tertiary/aromatic N) is 3. The Labute approximate surface area is 133 Å². The van der Waals surface area contributed by atoms with E-state index >= 15 is 0 Å². The number of rotatable bonds is 4. The van der Waals surface area contributed by atoms with E-state index in [1.165, 1.54) is 12.5 Å². The molecule has 2 N–H and O–H groups in total. The zero-order valence-corrected chi connectivity index (χ0v) is 13.3. The molecule has 1 aliphatic heterocycles. The minimum absolute atomic E-state index is 0.0548. The number of likely N-dealkylation sites (N-methyl/N-ethyl adjacent to an activating group) is 1. The Morgan fingerprint density at radius 2 is 2.04 bits per heavy atom. The van der Waals surface area contributed by atoms with Crippen LogP contribution in [0.3, 0.4) is 0 Å². The molecule has 23 heavy (non-hydrogen) atoms. The zero-order chi connectivity index (χ0) is 16.6. The van der Waals surface area contributed by atoms with Crippen LogP contribution in [0.15, 0.2) is 23.0 Å². The molecule has 0 saturated carbocycles. The van der Waals surface area contributed by atoms with Crippen LogP contribution in [0.25, 0.3) is 11.3 Å². The Balaban J connectivity index is 2.14. The molecule has 1 aromatic heterocycles. The van der Waals surface area contributed by atoms with E-state index in [0.29, 0.717) is 30.2 Å². The van der Waals surface area contributed by atoms with Crippen LogP contribution in [0.4, 0.5) is 0 Å². The molecule has 1 aliphatic rings. The summed E-state index contributed by atoms with van der Waals surface area (Å²) in [7, 11) is 0. The Kier molecular flexibility index (Phi) is 3.96. The molecule has 0 atom stereocenters. The van der Waals surface area contributed by atoms with Gasteiger partial charge >= 0.3 is 0 Å². The van der Waals surface area contributed by atoms with Gasteiger partial charge in [0.1, 0.15) is 11.5 Å². The summed E-state index contributed by atoms with van der Waals surface area (Å²) >= 11 is 0. The van der Waals surface area contributed by atoms with E-state index in [1.807, 2.05) is 20.8 Å². The Bertz CT molecular complexity index is 738. The van der Waals surface area contributed by atoms with Crippen LogP contribution in [-0.4, -0.2) is 38.5 Å². The van der Waals surface area contributed by atoms with Crippen LogP contribution < -0.4 is 0 Å². The van der Waals surface area contributed by atoms with E-state index in [1.54, 1.807) is 11.1 Å². The highest BCUT2D eigenvalue weighted by molar-refractivity contribution is 5.89. The van der Waals surface area contributed by atoms with Gasteiger partial charge in [0.15, 0.2) is 5.76 Å². The largest absolute Gasteiger partial charge is 0.508 e. The summed E-state index contributed by atoms with van der Waals surface area (Å²) in [4.78, 5) is 9.91. The molecule has 2 heterocycles. The Morgan fingerprint density at radius 1 is 1.26 bits per heavy atom. The molecule has 7 nitrogen and oxygen atoms in total. The fourth-order valence-corrected chi connectivity index (χ4v) is 2.57. The van der Waals surface area contributed by atoms with E-state index in [-0.39, 0.29) is 17.4 Å². The monoisotopic (exact) mass is 317 g/mol. The number of aromatic nitrogens is 2. The molecule has 0 bridgehead atoms. The molecule has 0 radical (unpaired) electrons. The smallest absolute Gasteiger partial charge is 0.214 e. The number of hydroxylamine groups is 2. The van der Waals surface area contributed by atoms with E-state index in [4.69, 9.17) is 9.36 Å². The van der Waals surface area contributed by atoms with Crippen molar-refractivity contribution in [3.63, 3.8) is 0 Å². The lowest BCUT2D eigenvalue weighted by atomic mass is 9.97. The van der Waals surface area contributed by atoms with Gasteiger partial charge in [0.2, 0.25) is 12.2 Å². The van der Waals surface area contributed by atoms with Crippen LogP contribution in [-0.2, 0) is 4.84 Å². The van der Waals surface area contributed by atoms with Crippen molar-refractivity contribution in [2.75, 3.05) is 13.1 Å². The summed E-state index contributed by atoms with van der Waals surface area (Å²) in [5, 5.41) is 25.9. The van der Waals surface area contributed by atoms with Crippen LogP contribution >= 0.6 is 0 Å². The van der Waals surface area contributed by atoms with Crippen LogP contribution in [0.1, 0.15) is 43.6 Å². The molecule has 122 valence electrons. The van der Waals surface area contributed by atoms with E-state index in [2.05, 4.69) is 10.1 Å². The van der Waals surface area contributed by atoms with E-state index < -0.39 is 0 Å². The first-order valence-electron chi connectivity index (χ1n) is 7.50. The average Bonchev–Trinajstić information content (AvgIpc) is 3.15. The zero-order valence-electron chi connectivity index (χ0n) is 13.3. The first kappa shape index (κ1) is 15.4. The van der Waals surface area contributed by atoms with Crippen molar-refractivity contribution in [3.8, 4) is 11.5 Å². The van der Waals surface area contributed by atoms with Gasteiger partial charge in [-0.1, -0.05) is 19.0 Å². The van der Waals surface area contributed by atoms with Crippen molar-refractivity contribution in [3.05, 3.63) is 35.5 Å². The molecular weight excluding hydrogens is 298 g/mol. The molecule has 0 fully saturated rings. The van der Waals surface area contributed by atoms with Gasteiger partial charge in [-0.2, -0.15) is 4.98 Å². The summed E-state index contributed by atoms with van der Waals surface area (Å²) < 4.78 is 4.82. The number of phenolic OH excluding ortho intramolecular Hbond substituents is 2. The first-order chi connectivity index (χ1) is 11.0. The summed E-state index contributed by atoms with van der Waals surface area (Å²) in [6.45, 7) is 7.06. The van der Waals surface area contributed by atoms with E-state index in [0.717, 1.165) is 11.1 Å². The van der Waals surface area contributed by atoms with Crippen LogP contribution in [0.2, 0.25) is 0 Å². The summed E-state index contributed by atoms with van der Waals surface area (Å²) in [5.41, 5.74) is 1.97. The minimum Gasteiger partial charge on any atom is -0.508 e. The highest BCUT2D eigenvalue weighted by atomic mass is 16.7. The molecular formula is C16H19N3O4. The molecule has 0 unspecified atom stereocenters. The third-order valence-corrected chi connectivity index (χ3v) is 3.82. The lowest BCUT2D eigenvalue weighted by Crippen LogP contribution is -2.18. The van der Waals surface area contributed by atoms with Gasteiger partial charge in [0, 0.05) is 12.6 Å². The molecule has 0 amide bonds. The normalized spacial score (nSPS) is 15.5. The number of benzene rings is 1. The highest BCUT2D eigenvalue weighted by Gasteiger charge is 2.30. The van der Waals surface area contributed by atoms with Crippen molar-refractivity contribution in [2.24, 2.45) is 0 Å². The predicted molar refractivity (Wildman–Crippen MR) is 83.3 cm³/mol. The van der Waals surface area contributed by atoms with Gasteiger partial charge in [0.05, 0.1) is 17.7 Å². The highest BCUT2D eigenvalue weighted by Crippen LogP contribution is 2.41. The van der Waals surface area contributed by atoms with Gasteiger partial charge in [-0.05, 0) is 24.5 Å². The van der Waals surface area contributed by atoms with Gasteiger partial charge in [0.25, 0.3) is 0 Å². The summed E-state index contributed by atoms with van der Waals surface area (Å²) in [6, 6.07) is 3.08. The molecule has 0 aliphatic carbocycles. The fraction of sp³-hybridized carbons (Fsp3) is 0.375. The van der Waals surface area contributed by atoms with Crippen LogP contribution in [0.5, 0.6) is 11.5 Å². The molecule has 0 spiro atoms. The average molecular weight is 317 g/mol. The maximum absolute atomic E-state index is 10.3. The quantitative estimate of drug-likeness (QED) is 0.895. The Hall–Kier alpha value is -2.54. The number of phenols is 2. The Morgan fingerprint density at radius 3 is 2.65 bits per heavy atom. The maximum atomic E-state index is 10.3. The second-order valence-electron chi connectivity index (χ2n) is 5.69. The molecule has 3 rings (SSSR count). The lowest BCUT2D eigenvalue weighted by Gasteiger charge is -2.16. The topological polar surface area (TPSA) is 91.9 Å².